The monoisotopic (exact) mass is 229 g/mol. The van der Waals surface area contributed by atoms with E-state index in [0.717, 1.165) is 0 Å². The lowest BCUT2D eigenvalue weighted by atomic mass is 9.95. The number of aliphatic hydroxyl groups excluding tert-OH is 1. The molecule has 1 fully saturated rings. The molecule has 0 unspecified atom stereocenters. The maximum atomic E-state index is 11.1. The highest BCUT2D eigenvalue weighted by Gasteiger charge is 2.63. The van der Waals surface area contributed by atoms with Crippen LogP contribution in [0.5, 0.6) is 0 Å². The number of hydrogen-bond acceptors (Lipinski definition) is 5. The molecule has 1 saturated heterocycles. The van der Waals surface area contributed by atoms with Crippen LogP contribution in [0.4, 0.5) is 0 Å². The third-order valence-electron chi connectivity index (χ3n) is 2.87. The molecule has 6 nitrogen and oxygen atoms in total. The lowest BCUT2D eigenvalue weighted by molar-refractivity contribution is -0.196. The van der Waals surface area contributed by atoms with Gasteiger partial charge >= 0.3 is 0 Å². The highest BCUT2D eigenvalue weighted by molar-refractivity contribution is 5.75. The topological polar surface area (TPSA) is 80.3 Å². The van der Waals surface area contributed by atoms with Gasteiger partial charge < -0.3 is 24.6 Å². The Hall–Kier alpha value is -0.950. The fourth-order valence-electron chi connectivity index (χ4n) is 2.08. The zero-order chi connectivity index (χ0) is 11.9. The zero-order valence-corrected chi connectivity index (χ0v) is 9.39. The van der Waals surface area contributed by atoms with E-state index in [1.807, 2.05) is 0 Å². The van der Waals surface area contributed by atoms with Gasteiger partial charge in [-0.15, -0.1) is 0 Å². The van der Waals surface area contributed by atoms with E-state index in [1.54, 1.807) is 0 Å². The smallest absolute Gasteiger partial charge is 0.239 e. The Morgan fingerprint density at radius 1 is 1.56 bits per heavy atom. The van der Waals surface area contributed by atoms with Gasteiger partial charge in [0.15, 0.2) is 0 Å². The molecule has 1 aliphatic carbocycles. The molecule has 0 saturated carbocycles. The minimum atomic E-state index is -1.13. The zero-order valence-electron chi connectivity index (χ0n) is 9.39. The minimum Gasteiger partial charge on any atom is -0.386 e. The largest absolute Gasteiger partial charge is 0.386 e. The van der Waals surface area contributed by atoms with E-state index in [0.29, 0.717) is 5.70 Å². The van der Waals surface area contributed by atoms with Crippen LogP contribution in [0.2, 0.25) is 0 Å². The molecule has 0 aromatic carbocycles. The van der Waals surface area contributed by atoms with Crippen molar-refractivity contribution in [3.05, 3.63) is 11.8 Å². The molecule has 16 heavy (non-hydrogen) atoms. The van der Waals surface area contributed by atoms with Crippen LogP contribution in [0.25, 0.3) is 0 Å². The van der Waals surface area contributed by atoms with Crippen molar-refractivity contribution in [2.24, 2.45) is 0 Å². The van der Waals surface area contributed by atoms with E-state index in [4.69, 9.17) is 14.2 Å². The Bertz CT molecular complexity index is 336. The van der Waals surface area contributed by atoms with E-state index in [2.05, 4.69) is 5.32 Å². The molecule has 2 aliphatic rings. The number of nitrogens with one attached hydrogen (secondary N) is 1. The number of hydrogen-bond donors (Lipinski definition) is 2. The molecule has 0 spiro atoms. The van der Waals surface area contributed by atoms with Crippen LogP contribution >= 0.6 is 0 Å². The standard InChI is InChI=1S/C10H15NO5/c1-5(12)11-7-4-6(13)8-9(16-8)10(7,14-2)15-3/h4,6,8-9,13H,1-3H3,(H,11,12)/t6-,8-,9-/m1/s1. The summed E-state index contributed by atoms with van der Waals surface area (Å²) in [6, 6.07) is 0. The van der Waals surface area contributed by atoms with Gasteiger partial charge in [0.25, 0.3) is 0 Å². The summed E-state index contributed by atoms with van der Waals surface area (Å²) in [5, 5.41) is 12.3. The number of rotatable bonds is 3. The molecule has 2 N–H and O–H groups in total. The van der Waals surface area contributed by atoms with Crippen LogP contribution in [0.15, 0.2) is 11.8 Å². The van der Waals surface area contributed by atoms with Crippen LogP contribution in [-0.2, 0) is 19.0 Å². The van der Waals surface area contributed by atoms with E-state index in [-0.39, 0.29) is 18.1 Å². The van der Waals surface area contributed by atoms with Gasteiger partial charge in [-0.05, 0) is 6.08 Å². The number of methoxy groups -OCH3 is 2. The van der Waals surface area contributed by atoms with Crippen LogP contribution in [-0.4, -0.2) is 49.3 Å². The molecule has 0 radical (unpaired) electrons. The molecule has 3 atom stereocenters. The van der Waals surface area contributed by atoms with Gasteiger partial charge in [0.05, 0.1) is 5.70 Å². The van der Waals surface area contributed by atoms with Crippen LogP contribution in [0.1, 0.15) is 6.92 Å². The Labute approximate surface area is 93.2 Å². The normalized spacial score (nSPS) is 35.0. The van der Waals surface area contributed by atoms with Crippen molar-refractivity contribution in [1.29, 1.82) is 0 Å². The first kappa shape index (κ1) is 11.5. The molecule has 0 bridgehead atoms. The average molecular weight is 229 g/mol. The quantitative estimate of drug-likeness (QED) is 0.486. The SMILES string of the molecule is COC1(OC)C(NC(C)=O)=C[C@@H](O)[C@H]2O[C@H]21. The van der Waals surface area contributed by atoms with Crippen LogP contribution < -0.4 is 5.32 Å². The van der Waals surface area contributed by atoms with E-state index in [1.165, 1.54) is 27.2 Å². The molecule has 1 amide bonds. The number of epoxide rings is 1. The van der Waals surface area contributed by atoms with Crippen molar-refractivity contribution in [2.75, 3.05) is 14.2 Å². The number of amides is 1. The van der Waals surface area contributed by atoms with Gasteiger partial charge in [0.2, 0.25) is 11.7 Å². The maximum absolute atomic E-state index is 11.1. The summed E-state index contributed by atoms with van der Waals surface area (Å²) in [5.41, 5.74) is 0.385. The molecule has 1 aliphatic heterocycles. The second kappa shape index (κ2) is 3.81. The van der Waals surface area contributed by atoms with Crippen LogP contribution in [0.3, 0.4) is 0 Å². The highest BCUT2D eigenvalue weighted by Crippen LogP contribution is 2.45. The molecule has 1 heterocycles. The Kier molecular flexibility index (Phi) is 2.75. The van der Waals surface area contributed by atoms with Crippen molar-refractivity contribution in [2.45, 2.75) is 31.0 Å². The third kappa shape index (κ3) is 1.54. The van der Waals surface area contributed by atoms with Crippen molar-refractivity contribution in [3.63, 3.8) is 0 Å². The maximum Gasteiger partial charge on any atom is 0.239 e. The number of carbonyl (C=O) groups excluding carboxylic acids is 1. The van der Waals surface area contributed by atoms with Crippen molar-refractivity contribution < 1.29 is 24.1 Å². The molecule has 0 aromatic heterocycles. The average Bonchev–Trinajstić information content (AvgIpc) is 2.99. The van der Waals surface area contributed by atoms with E-state index in [9.17, 15) is 9.90 Å². The predicted octanol–water partition coefficient (Wildman–Crippen LogP) is -0.863. The Morgan fingerprint density at radius 3 is 2.69 bits per heavy atom. The second-order valence-electron chi connectivity index (χ2n) is 3.85. The fraction of sp³-hybridized carbons (Fsp3) is 0.700. The van der Waals surface area contributed by atoms with Gasteiger partial charge in [0, 0.05) is 21.1 Å². The number of aliphatic hydroxyl groups is 1. The van der Waals surface area contributed by atoms with Gasteiger partial charge in [-0.1, -0.05) is 0 Å². The van der Waals surface area contributed by atoms with Gasteiger partial charge in [-0.25, -0.2) is 0 Å². The van der Waals surface area contributed by atoms with Gasteiger partial charge in [0.1, 0.15) is 18.3 Å². The predicted molar refractivity (Wildman–Crippen MR) is 53.3 cm³/mol. The Morgan fingerprint density at radius 2 is 2.19 bits per heavy atom. The molecule has 6 heteroatoms. The van der Waals surface area contributed by atoms with E-state index >= 15 is 0 Å². The van der Waals surface area contributed by atoms with Crippen molar-refractivity contribution in [1.82, 2.24) is 5.32 Å². The summed E-state index contributed by atoms with van der Waals surface area (Å²) in [7, 11) is 2.94. The molecular formula is C10H15NO5. The first-order valence-electron chi connectivity index (χ1n) is 4.99. The molecule has 2 rings (SSSR count). The van der Waals surface area contributed by atoms with Crippen molar-refractivity contribution in [3.8, 4) is 0 Å². The summed E-state index contributed by atoms with van der Waals surface area (Å²) in [6.45, 7) is 1.38. The first-order chi connectivity index (χ1) is 7.55. The summed E-state index contributed by atoms with van der Waals surface area (Å²) in [6.07, 6.45) is 0.0368. The second-order valence-corrected chi connectivity index (χ2v) is 3.85. The fourth-order valence-corrected chi connectivity index (χ4v) is 2.08. The lowest BCUT2D eigenvalue weighted by Gasteiger charge is -2.34. The van der Waals surface area contributed by atoms with Crippen molar-refractivity contribution >= 4 is 5.91 Å². The van der Waals surface area contributed by atoms with Gasteiger partial charge in [-0.3, -0.25) is 4.79 Å². The lowest BCUT2D eigenvalue weighted by Crippen LogP contribution is -2.52. The number of ether oxygens (including phenoxy) is 3. The highest BCUT2D eigenvalue weighted by atomic mass is 16.7. The summed E-state index contributed by atoms with van der Waals surface area (Å²) in [5.74, 6) is -1.38. The Balaban J connectivity index is 2.32. The number of fused-ring (bicyclic) bond motifs is 1. The first-order valence-corrected chi connectivity index (χ1v) is 4.99. The molecule has 90 valence electrons. The third-order valence-corrected chi connectivity index (χ3v) is 2.87. The summed E-state index contributed by atoms with van der Waals surface area (Å²) >= 11 is 0. The summed E-state index contributed by atoms with van der Waals surface area (Å²) < 4.78 is 15.9. The summed E-state index contributed by atoms with van der Waals surface area (Å²) in [4.78, 5) is 11.1. The van der Waals surface area contributed by atoms with E-state index < -0.39 is 11.9 Å². The van der Waals surface area contributed by atoms with Crippen LogP contribution in [0, 0.1) is 0 Å². The molecular weight excluding hydrogens is 214 g/mol. The number of carbonyl (C=O) groups is 1. The minimum absolute atomic E-state index is 0.254. The molecule has 0 aromatic rings. The van der Waals surface area contributed by atoms with Gasteiger partial charge in [-0.2, -0.15) is 0 Å².